The van der Waals surface area contributed by atoms with E-state index in [-0.39, 0.29) is 36.6 Å². The highest BCUT2D eigenvalue weighted by atomic mass is 16.5. The lowest BCUT2D eigenvalue weighted by Gasteiger charge is -2.32. The third kappa shape index (κ3) is 3.95. The molecule has 0 spiro atoms. The Hall–Kier alpha value is -2.41. The Morgan fingerprint density at radius 1 is 1.19 bits per heavy atom. The van der Waals surface area contributed by atoms with E-state index >= 15 is 0 Å². The van der Waals surface area contributed by atoms with Crippen LogP contribution in [0.5, 0.6) is 5.75 Å². The molecular weight excluding hydrogens is 396 g/mol. The van der Waals surface area contributed by atoms with E-state index in [0.29, 0.717) is 36.8 Å². The number of ether oxygens (including phenoxy) is 2. The lowest BCUT2D eigenvalue weighted by Crippen LogP contribution is -2.45. The average Bonchev–Trinajstić information content (AvgIpc) is 3.20. The van der Waals surface area contributed by atoms with E-state index in [2.05, 4.69) is 0 Å². The van der Waals surface area contributed by atoms with Crippen LogP contribution in [0.15, 0.2) is 24.3 Å². The van der Waals surface area contributed by atoms with Crippen molar-refractivity contribution in [1.29, 1.82) is 0 Å². The molecule has 1 aromatic carbocycles. The van der Waals surface area contributed by atoms with Crippen LogP contribution in [-0.2, 0) is 24.5 Å². The van der Waals surface area contributed by atoms with E-state index in [1.165, 1.54) is 11.3 Å². The van der Waals surface area contributed by atoms with E-state index in [1.54, 1.807) is 20.3 Å². The van der Waals surface area contributed by atoms with Crippen molar-refractivity contribution >= 4 is 17.7 Å². The average molecular weight is 429 g/mol. The highest BCUT2D eigenvalue weighted by Gasteiger charge is 2.55. The quantitative estimate of drug-likeness (QED) is 0.470. The van der Waals surface area contributed by atoms with Crippen LogP contribution in [0.4, 0.5) is 0 Å². The molecule has 168 valence electrons. The van der Waals surface area contributed by atoms with Crippen molar-refractivity contribution in [2.45, 2.75) is 56.4 Å². The minimum atomic E-state index is -1.22. The molecule has 4 rings (SSSR count). The van der Waals surface area contributed by atoms with Gasteiger partial charge in [-0.3, -0.25) is 19.3 Å². The summed E-state index contributed by atoms with van der Waals surface area (Å²) < 4.78 is 10.6. The number of hydrogen-bond acceptors (Lipinski definition) is 5. The number of rotatable bonds is 8. The largest absolute Gasteiger partial charge is 0.496 e. The van der Waals surface area contributed by atoms with Gasteiger partial charge in [-0.2, -0.15) is 0 Å². The first-order valence-electron chi connectivity index (χ1n) is 11.3. The summed E-state index contributed by atoms with van der Waals surface area (Å²) in [5.41, 5.74) is -0.592. The maximum atomic E-state index is 13.7. The number of imide groups is 1. The van der Waals surface area contributed by atoms with Crippen molar-refractivity contribution in [2.75, 3.05) is 33.9 Å². The van der Waals surface area contributed by atoms with E-state index in [1.807, 2.05) is 23.1 Å². The summed E-state index contributed by atoms with van der Waals surface area (Å²) in [6.45, 7) is 1.53. The molecule has 2 bridgehead atoms. The number of fused-ring (bicyclic) bond motifs is 2. The molecule has 1 saturated carbocycles. The number of methoxy groups -OCH3 is 2. The fourth-order valence-electron chi connectivity index (χ4n) is 5.68. The van der Waals surface area contributed by atoms with Crippen molar-refractivity contribution < 1.29 is 23.9 Å². The molecule has 2 saturated heterocycles. The van der Waals surface area contributed by atoms with Gasteiger partial charge in [0.25, 0.3) is 0 Å². The van der Waals surface area contributed by atoms with Crippen LogP contribution in [0, 0.1) is 5.92 Å². The van der Waals surface area contributed by atoms with Gasteiger partial charge in [0.2, 0.25) is 17.7 Å². The lowest BCUT2D eigenvalue weighted by atomic mass is 9.75. The van der Waals surface area contributed by atoms with Crippen molar-refractivity contribution in [2.24, 2.45) is 5.92 Å². The number of benzene rings is 1. The summed E-state index contributed by atoms with van der Waals surface area (Å²) in [5, 5.41) is 0. The Labute approximate surface area is 183 Å². The third-order valence-corrected chi connectivity index (χ3v) is 7.19. The second kappa shape index (κ2) is 8.99. The second-order valence-electron chi connectivity index (χ2n) is 9.07. The minimum Gasteiger partial charge on any atom is -0.496 e. The fourth-order valence-corrected chi connectivity index (χ4v) is 5.68. The van der Waals surface area contributed by atoms with Crippen molar-refractivity contribution in [3.63, 3.8) is 0 Å². The summed E-state index contributed by atoms with van der Waals surface area (Å²) in [6, 6.07) is 7.54. The van der Waals surface area contributed by atoms with E-state index in [4.69, 9.17) is 9.47 Å². The number of para-hydroxylation sites is 1. The Kier molecular flexibility index (Phi) is 6.32. The SMILES string of the molecule is COCCCN1C(=O)C[C@](CC(=O)N2C[C@H]3CCC[C@H]2C3)(c2ccccc2OC)C1=O. The van der Waals surface area contributed by atoms with Gasteiger partial charge in [0.1, 0.15) is 5.75 Å². The molecule has 0 radical (unpaired) electrons. The molecule has 1 aliphatic carbocycles. The summed E-state index contributed by atoms with van der Waals surface area (Å²) in [7, 11) is 3.15. The molecule has 2 heterocycles. The summed E-state index contributed by atoms with van der Waals surface area (Å²) in [6.07, 6.45) is 4.97. The van der Waals surface area contributed by atoms with E-state index in [9.17, 15) is 14.4 Å². The third-order valence-electron chi connectivity index (χ3n) is 7.19. The monoisotopic (exact) mass is 428 g/mol. The van der Waals surface area contributed by atoms with Gasteiger partial charge in [-0.25, -0.2) is 0 Å². The van der Waals surface area contributed by atoms with Crippen molar-refractivity contribution in [1.82, 2.24) is 9.80 Å². The van der Waals surface area contributed by atoms with Crippen LogP contribution < -0.4 is 4.74 Å². The molecule has 3 atom stereocenters. The number of carbonyl (C=O) groups excluding carboxylic acids is 3. The minimum absolute atomic E-state index is 0.00193. The lowest BCUT2D eigenvalue weighted by molar-refractivity contribution is -0.143. The molecule has 1 aromatic rings. The molecule has 2 aliphatic heterocycles. The van der Waals surface area contributed by atoms with Crippen molar-refractivity contribution in [3.8, 4) is 5.75 Å². The normalized spacial score (nSPS) is 27.8. The topological polar surface area (TPSA) is 76.2 Å². The first-order valence-corrected chi connectivity index (χ1v) is 11.3. The molecule has 3 fully saturated rings. The molecule has 0 N–H and O–H groups in total. The van der Waals surface area contributed by atoms with Gasteiger partial charge in [0.05, 0.1) is 12.5 Å². The summed E-state index contributed by atoms with van der Waals surface area (Å²) in [4.78, 5) is 43.5. The highest BCUT2D eigenvalue weighted by molar-refractivity contribution is 6.11. The molecular formula is C24H32N2O5. The zero-order valence-electron chi connectivity index (χ0n) is 18.5. The smallest absolute Gasteiger partial charge is 0.241 e. The van der Waals surface area contributed by atoms with Gasteiger partial charge < -0.3 is 14.4 Å². The number of likely N-dealkylation sites (tertiary alicyclic amines) is 2. The van der Waals surface area contributed by atoms with E-state index in [0.717, 1.165) is 25.8 Å². The summed E-state index contributed by atoms with van der Waals surface area (Å²) in [5.74, 6) is 0.542. The number of carbonyl (C=O) groups is 3. The van der Waals surface area contributed by atoms with Gasteiger partial charge in [-0.15, -0.1) is 0 Å². The van der Waals surface area contributed by atoms with Gasteiger partial charge in [0, 0.05) is 51.3 Å². The molecule has 31 heavy (non-hydrogen) atoms. The van der Waals surface area contributed by atoms with E-state index < -0.39 is 5.41 Å². The molecule has 3 aliphatic rings. The maximum absolute atomic E-state index is 13.7. The first-order chi connectivity index (χ1) is 15.0. The number of nitrogens with zero attached hydrogens (tertiary/aromatic N) is 2. The second-order valence-corrected chi connectivity index (χ2v) is 9.07. The number of amides is 3. The zero-order chi connectivity index (χ0) is 22.0. The maximum Gasteiger partial charge on any atom is 0.241 e. The van der Waals surface area contributed by atoms with Gasteiger partial charge in [0.15, 0.2) is 0 Å². The Balaban J connectivity index is 1.66. The zero-order valence-corrected chi connectivity index (χ0v) is 18.5. The fraction of sp³-hybridized carbons (Fsp3) is 0.625. The standard InChI is InChI=1S/C24H32N2O5/c1-30-12-6-11-25-21(27)14-24(23(25)29,19-9-3-4-10-20(19)31-2)15-22(28)26-16-17-7-5-8-18(26)13-17/h3-4,9-10,17-18H,5-8,11-16H2,1-2H3/t17-,18-,24-/m0/s1. The Morgan fingerprint density at radius 2 is 2.00 bits per heavy atom. The highest BCUT2D eigenvalue weighted by Crippen LogP contribution is 2.45. The molecule has 0 aromatic heterocycles. The molecule has 3 amide bonds. The molecule has 7 heteroatoms. The van der Waals surface area contributed by atoms with Crippen LogP contribution in [-0.4, -0.2) is 67.5 Å². The van der Waals surface area contributed by atoms with Gasteiger partial charge >= 0.3 is 0 Å². The molecule has 7 nitrogen and oxygen atoms in total. The van der Waals surface area contributed by atoms with Crippen LogP contribution in [0.1, 0.15) is 50.5 Å². The van der Waals surface area contributed by atoms with Crippen LogP contribution in [0.25, 0.3) is 0 Å². The molecule has 0 unspecified atom stereocenters. The Morgan fingerprint density at radius 3 is 2.74 bits per heavy atom. The predicted molar refractivity (Wildman–Crippen MR) is 115 cm³/mol. The summed E-state index contributed by atoms with van der Waals surface area (Å²) >= 11 is 0. The number of hydrogen-bond donors (Lipinski definition) is 0. The van der Waals surface area contributed by atoms with Gasteiger partial charge in [-0.1, -0.05) is 24.6 Å². The first kappa shape index (κ1) is 21.8. The van der Waals surface area contributed by atoms with Crippen LogP contribution in [0.3, 0.4) is 0 Å². The Bertz CT molecular complexity index is 856. The predicted octanol–water partition coefficient (Wildman–Crippen LogP) is 2.52. The van der Waals surface area contributed by atoms with Crippen molar-refractivity contribution in [3.05, 3.63) is 29.8 Å². The van der Waals surface area contributed by atoms with Crippen LogP contribution >= 0.6 is 0 Å². The van der Waals surface area contributed by atoms with Gasteiger partial charge in [-0.05, 0) is 37.7 Å². The van der Waals surface area contributed by atoms with Crippen LogP contribution in [0.2, 0.25) is 0 Å².